The SMILES string of the molecule is O=CC1CC(=O)NC(=S)N1. The van der Waals surface area contributed by atoms with E-state index in [1.807, 2.05) is 0 Å². The molecule has 1 atom stereocenters. The summed E-state index contributed by atoms with van der Waals surface area (Å²) in [7, 11) is 0. The predicted molar refractivity (Wildman–Crippen MR) is 38.3 cm³/mol. The average molecular weight is 158 g/mol. The Bertz CT molecular complexity index is 176. The molecule has 1 amide bonds. The molecule has 0 radical (unpaired) electrons. The summed E-state index contributed by atoms with van der Waals surface area (Å²) in [5.41, 5.74) is 0. The zero-order chi connectivity index (χ0) is 7.56. The van der Waals surface area contributed by atoms with E-state index in [-0.39, 0.29) is 17.4 Å². The molecule has 1 fully saturated rings. The molecular weight excluding hydrogens is 152 g/mol. The molecule has 0 spiro atoms. The molecule has 2 N–H and O–H groups in total. The van der Waals surface area contributed by atoms with Crippen LogP contribution in [-0.4, -0.2) is 23.3 Å². The van der Waals surface area contributed by atoms with Crippen LogP contribution in [0.5, 0.6) is 0 Å². The highest BCUT2D eigenvalue weighted by Gasteiger charge is 2.19. The van der Waals surface area contributed by atoms with Crippen molar-refractivity contribution >= 4 is 29.5 Å². The van der Waals surface area contributed by atoms with Crippen LogP contribution < -0.4 is 10.6 Å². The van der Waals surface area contributed by atoms with Gasteiger partial charge in [0.2, 0.25) is 5.91 Å². The van der Waals surface area contributed by atoms with Crippen LogP contribution in [0.4, 0.5) is 0 Å². The van der Waals surface area contributed by atoms with Crippen molar-refractivity contribution < 1.29 is 9.59 Å². The number of thiocarbonyl (C=S) groups is 1. The van der Waals surface area contributed by atoms with Gasteiger partial charge in [-0.1, -0.05) is 0 Å². The monoisotopic (exact) mass is 158 g/mol. The number of hydrogen-bond acceptors (Lipinski definition) is 3. The highest BCUT2D eigenvalue weighted by Crippen LogP contribution is 1.93. The minimum atomic E-state index is -0.443. The van der Waals surface area contributed by atoms with E-state index in [9.17, 15) is 9.59 Å². The van der Waals surface area contributed by atoms with E-state index in [0.29, 0.717) is 6.29 Å². The third-order valence-corrected chi connectivity index (χ3v) is 1.36. The van der Waals surface area contributed by atoms with Crippen molar-refractivity contribution in [3.05, 3.63) is 0 Å². The normalized spacial score (nSPS) is 25.0. The first kappa shape index (κ1) is 7.14. The highest BCUT2D eigenvalue weighted by molar-refractivity contribution is 7.80. The first-order valence-electron chi connectivity index (χ1n) is 2.78. The number of carbonyl (C=O) groups is 2. The van der Waals surface area contributed by atoms with Crippen LogP contribution in [0.3, 0.4) is 0 Å². The van der Waals surface area contributed by atoms with Crippen LogP contribution in [0, 0.1) is 0 Å². The third kappa shape index (κ3) is 1.51. The summed E-state index contributed by atoms with van der Waals surface area (Å²) in [5, 5.41) is 5.22. The van der Waals surface area contributed by atoms with E-state index >= 15 is 0 Å². The second-order valence-corrected chi connectivity index (χ2v) is 2.38. The zero-order valence-corrected chi connectivity index (χ0v) is 5.90. The molecule has 1 heterocycles. The Morgan fingerprint density at radius 3 is 2.90 bits per heavy atom. The number of aldehydes is 1. The summed E-state index contributed by atoms with van der Waals surface area (Å²) in [6.07, 6.45) is 0.842. The molecule has 1 unspecified atom stereocenters. The average Bonchev–Trinajstić information content (AvgIpc) is 1.85. The lowest BCUT2D eigenvalue weighted by Gasteiger charge is -2.20. The molecule has 1 saturated heterocycles. The Morgan fingerprint density at radius 1 is 1.70 bits per heavy atom. The Hall–Kier alpha value is -0.970. The zero-order valence-electron chi connectivity index (χ0n) is 5.09. The number of carbonyl (C=O) groups excluding carboxylic acids is 2. The summed E-state index contributed by atoms with van der Waals surface area (Å²) in [4.78, 5) is 20.8. The van der Waals surface area contributed by atoms with Crippen LogP contribution in [0.1, 0.15) is 6.42 Å². The summed E-state index contributed by atoms with van der Waals surface area (Å²) in [5.74, 6) is -0.208. The van der Waals surface area contributed by atoms with Gasteiger partial charge in [0.15, 0.2) is 5.11 Å². The van der Waals surface area contributed by atoms with Gasteiger partial charge in [0.1, 0.15) is 6.29 Å². The van der Waals surface area contributed by atoms with Crippen LogP contribution >= 0.6 is 12.2 Å². The van der Waals surface area contributed by atoms with Crippen molar-refractivity contribution in [3.8, 4) is 0 Å². The fraction of sp³-hybridized carbons (Fsp3) is 0.400. The Morgan fingerprint density at radius 2 is 2.40 bits per heavy atom. The molecule has 0 saturated carbocycles. The number of nitrogens with one attached hydrogen (secondary N) is 2. The van der Waals surface area contributed by atoms with Gasteiger partial charge in [-0.2, -0.15) is 0 Å². The second kappa shape index (κ2) is 2.74. The predicted octanol–water partition coefficient (Wildman–Crippen LogP) is -1.05. The third-order valence-electron chi connectivity index (χ3n) is 1.14. The van der Waals surface area contributed by atoms with E-state index < -0.39 is 6.04 Å². The van der Waals surface area contributed by atoms with Gasteiger partial charge in [-0.3, -0.25) is 4.79 Å². The van der Waals surface area contributed by atoms with Gasteiger partial charge in [0, 0.05) is 0 Å². The van der Waals surface area contributed by atoms with Gasteiger partial charge in [-0.05, 0) is 12.2 Å². The lowest BCUT2D eigenvalue weighted by Crippen LogP contribution is -2.52. The van der Waals surface area contributed by atoms with Gasteiger partial charge in [0.05, 0.1) is 12.5 Å². The van der Waals surface area contributed by atoms with E-state index in [1.165, 1.54) is 0 Å². The van der Waals surface area contributed by atoms with E-state index in [1.54, 1.807) is 0 Å². The van der Waals surface area contributed by atoms with Gasteiger partial charge in [-0.15, -0.1) is 0 Å². The topological polar surface area (TPSA) is 58.2 Å². The Kier molecular flexibility index (Phi) is 1.96. The Labute approximate surface area is 63.0 Å². The van der Waals surface area contributed by atoms with E-state index in [2.05, 4.69) is 22.9 Å². The fourth-order valence-corrected chi connectivity index (χ4v) is 0.980. The summed E-state index contributed by atoms with van der Waals surface area (Å²) in [6.45, 7) is 0. The first-order valence-corrected chi connectivity index (χ1v) is 3.19. The summed E-state index contributed by atoms with van der Waals surface area (Å²) in [6, 6.07) is -0.443. The lowest BCUT2D eigenvalue weighted by molar-refractivity contribution is -0.123. The van der Waals surface area contributed by atoms with Crippen molar-refractivity contribution in [1.82, 2.24) is 10.6 Å². The largest absolute Gasteiger partial charge is 0.352 e. The van der Waals surface area contributed by atoms with Gasteiger partial charge in [0.25, 0.3) is 0 Å². The van der Waals surface area contributed by atoms with Crippen LogP contribution in [0.25, 0.3) is 0 Å². The van der Waals surface area contributed by atoms with Crippen molar-refractivity contribution in [3.63, 3.8) is 0 Å². The molecule has 0 aromatic carbocycles. The maximum atomic E-state index is 10.6. The molecule has 1 aliphatic rings. The lowest BCUT2D eigenvalue weighted by atomic mass is 10.2. The van der Waals surface area contributed by atoms with Crippen LogP contribution in [-0.2, 0) is 9.59 Å². The molecule has 1 aliphatic heterocycles. The second-order valence-electron chi connectivity index (χ2n) is 1.97. The molecule has 0 aromatic heterocycles. The molecule has 4 nitrogen and oxygen atoms in total. The van der Waals surface area contributed by atoms with Crippen molar-refractivity contribution in [2.45, 2.75) is 12.5 Å². The molecule has 54 valence electrons. The van der Waals surface area contributed by atoms with Crippen LogP contribution in [0.15, 0.2) is 0 Å². The number of amides is 1. The molecule has 0 bridgehead atoms. The van der Waals surface area contributed by atoms with E-state index in [0.717, 1.165) is 0 Å². The molecule has 0 aromatic rings. The van der Waals surface area contributed by atoms with Crippen molar-refractivity contribution in [2.24, 2.45) is 0 Å². The molecule has 0 aliphatic carbocycles. The quantitative estimate of drug-likeness (QED) is 0.377. The van der Waals surface area contributed by atoms with E-state index in [4.69, 9.17) is 0 Å². The van der Waals surface area contributed by atoms with Gasteiger partial charge < -0.3 is 15.4 Å². The summed E-state index contributed by atoms with van der Waals surface area (Å²) < 4.78 is 0. The van der Waals surface area contributed by atoms with Crippen LogP contribution in [0.2, 0.25) is 0 Å². The minimum absolute atomic E-state index is 0.170. The molecule has 1 rings (SSSR count). The first-order chi connectivity index (χ1) is 4.72. The molecular formula is C5H6N2O2S. The smallest absolute Gasteiger partial charge is 0.228 e. The maximum absolute atomic E-state index is 10.6. The summed E-state index contributed by atoms with van der Waals surface area (Å²) >= 11 is 4.62. The minimum Gasteiger partial charge on any atom is -0.352 e. The fourth-order valence-electron chi connectivity index (χ4n) is 0.715. The van der Waals surface area contributed by atoms with Crippen molar-refractivity contribution in [1.29, 1.82) is 0 Å². The molecule has 10 heavy (non-hydrogen) atoms. The molecule has 5 heteroatoms. The maximum Gasteiger partial charge on any atom is 0.228 e. The van der Waals surface area contributed by atoms with Crippen molar-refractivity contribution in [2.75, 3.05) is 0 Å². The van der Waals surface area contributed by atoms with Gasteiger partial charge >= 0.3 is 0 Å². The Balaban J connectivity index is 2.58. The highest BCUT2D eigenvalue weighted by atomic mass is 32.1. The standard InChI is InChI=1S/C5H6N2O2S/c8-2-3-1-4(9)7-5(10)6-3/h2-3H,1H2,(H2,6,7,9,10). The number of hydrogen-bond donors (Lipinski definition) is 2. The number of rotatable bonds is 1. The van der Waals surface area contributed by atoms with Gasteiger partial charge in [-0.25, -0.2) is 0 Å².